The van der Waals surface area contributed by atoms with Gasteiger partial charge in [-0.1, -0.05) is 6.92 Å². The van der Waals surface area contributed by atoms with Crippen LogP contribution < -0.4 is 15.2 Å². The van der Waals surface area contributed by atoms with Gasteiger partial charge < -0.3 is 15.6 Å². The van der Waals surface area contributed by atoms with Gasteiger partial charge in [0.15, 0.2) is 0 Å². The van der Waals surface area contributed by atoms with Crippen molar-refractivity contribution in [3.05, 3.63) is 17.7 Å². The molecule has 0 bridgehead atoms. The van der Waals surface area contributed by atoms with Crippen LogP contribution in [0, 0.1) is 6.92 Å². The highest BCUT2D eigenvalue weighted by molar-refractivity contribution is 7.89. The molecule has 1 atom stereocenters. The number of nitrogen functional groups attached to an aromatic ring is 1. The molecule has 0 amide bonds. The quantitative estimate of drug-likeness (QED) is 0.681. The van der Waals surface area contributed by atoms with E-state index < -0.39 is 15.6 Å². The number of aliphatic hydroxyl groups is 1. The van der Waals surface area contributed by atoms with E-state index in [-0.39, 0.29) is 17.2 Å². The maximum atomic E-state index is 12.3. The average Bonchev–Trinajstić information content (AvgIpc) is 2.39. The number of ether oxygens (including phenoxy) is 1. The summed E-state index contributed by atoms with van der Waals surface area (Å²) in [5.41, 5.74) is 5.76. The van der Waals surface area contributed by atoms with Gasteiger partial charge in [0.2, 0.25) is 10.0 Å². The van der Waals surface area contributed by atoms with E-state index in [1.54, 1.807) is 26.8 Å². The molecule has 1 rings (SSSR count). The fourth-order valence-electron chi connectivity index (χ4n) is 1.50. The number of hydrogen-bond donors (Lipinski definition) is 3. The molecular weight excluding hydrogens is 280 g/mol. The molecule has 1 aromatic rings. The first-order valence-electron chi connectivity index (χ1n) is 6.29. The van der Waals surface area contributed by atoms with Crippen LogP contribution in [-0.4, -0.2) is 32.8 Å². The maximum absolute atomic E-state index is 12.3. The lowest BCUT2D eigenvalue weighted by atomic mass is 10.1. The van der Waals surface area contributed by atoms with Crippen molar-refractivity contribution in [1.29, 1.82) is 0 Å². The summed E-state index contributed by atoms with van der Waals surface area (Å²) in [7, 11) is -2.41. The SMILES string of the molecule is CCC(C)(O)CNS(=O)(=O)c1cc(N)c(C)cc1OC. The number of methoxy groups -OCH3 is 1. The summed E-state index contributed by atoms with van der Waals surface area (Å²) in [6, 6.07) is 2.93. The molecule has 0 aromatic heterocycles. The van der Waals surface area contributed by atoms with Gasteiger partial charge >= 0.3 is 0 Å². The van der Waals surface area contributed by atoms with Crippen molar-refractivity contribution < 1.29 is 18.3 Å². The second-order valence-corrected chi connectivity index (χ2v) is 6.77. The van der Waals surface area contributed by atoms with Crippen LogP contribution in [0.25, 0.3) is 0 Å². The monoisotopic (exact) mass is 302 g/mol. The standard InChI is InChI=1S/C13H22N2O4S/c1-5-13(3,16)8-15-20(17,18)12-7-10(14)9(2)6-11(12)19-4/h6-7,15-16H,5,8,14H2,1-4H3. The van der Waals surface area contributed by atoms with Crippen molar-refractivity contribution in [2.75, 3.05) is 19.4 Å². The largest absolute Gasteiger partial charge is 0.495 e. The van der Waals surface area contributed by atoms with Crippen LogP contribution >= 0.6 is 0 Å². The minimum atomic E-state index is -3.80. The lowest BCUT2D eigenvalue weighted by Crippen LogP contribution is -2.40. The summed E-state index contributed by atoms with van der Waals surface area (Å²) in [6.07, 6.45) is 0.433. The summed E-state index contributed by atoms with van der Waals surface area (Å²) in [5.74, 6) is 0.223. The first-order valence-corrected chi connectivity index (χ1v) is 7.77. The number of aryl methyl sites for hydroxylation is 1. The summed E-state index contributed by atoms with van der Waals surface area (Å²) >= 11 is 0. The predicted octanol–water partition coefficient (Wildman–Crippen LogP) is 1.03. The fourth-order valence-corrected chi connectivity index (χ4v) is 2.85. The zero-order chi connectivity index (χ0) is 15.6. The Kier molecular flexibility index (Phi) is 5.01. The average molecular weight is 302 g/mol. The molecule has 0 aliphatic heterocycles. The third-order valence-corrected chi connectivity index (χ3v) is 4.67. The highest BCUT2D eigenvalue weighted by atomic mass is 32.2. The van der Waals surface area contributed by atoms with Gasteiger partial charge in [0.05, 0.1) is 12.7 Å². The molecule has 7 heteroatoms. The van der Waals surface area contributed by atoms with Gasteiger partial charge in [-0.2, -0.15) is 0 Å². The number of hydrogen-bond acceptors (Lipinski definition) is 5. The molecule has 114 valence electrons. The van der Waals surface area contributed by atoms with Gasteiger partial charge in [0.1, 0.15) is 10.6 Å². The van der Waals surface area contributed by atoms with Crippen molar-refractivity contribution in [2.24, 2.45) is 0 Å². The second kappa shape index (κ2) is 5.99. The van der Waals surface area contributed by atoms with Crippen molar-refractivity contribution in [2.45, 2.75) is 37.7 Å². The van der Waals surface area contributed by atoms with Crippen LogP contribution in [0.3, 0.4) is 0 Å². The Morgan fingerprint density at radius 1 is 1.45 bits per heavy atom. The Hall–Kier alpha value is -1.31. The molecule has 4 N–H and O–H groups in total. The summed E-state index contributed by atoms with van der Waals surface area (Å²) in [4.78, 5) is -0.0324. The van der Waals surface area contributed by atoms with Crippen LogP contribution in [0.2, 0.25) is 0 Å². The van der Waals surface area contributed by atoms with Crippen LogP contribution in [0.5, 0.6) is 5.75 Å². The minimum absolute atomic E-state index is 0.0324. The topological polar surface area (TPSA) is 102 Å². The van der Waals surface area contributed by atoms with E-state index in [9.17, 15) is 13.5 Å². The molecule has 0 aliphatic carbocycles. The normalized spacial score (nSPS) is 14.8. The van der Waals surface area contributed by atoms with Crippen LogP contribution in [0.4, 0.5) is 5.69 Å². The van der Waals surface area contributed by atoms with Gasteiger partial charge in [0.25, 0.3) is 0 Å². The molecule has 0 aliphatic rings. The van der Waals surface area contributed by atoms with Gasteiger partial charge in [-0.25, -0.2) is 13.1 Å². The molecule has 1 unspecified atom stereocenters. The molecule has 0 saturated carbocycles. The Balaban J connectivity index is 3.13. The molecule has 6 nitrogen and oxygen atoms in total. The van der Waals surface area contributed by atoms with E-state index >= 15 is 0 Å². The van der Waals surface area contributed by atoms with E-state index in [0.717, 1.165) is 5.56 Å². The maximum Gasteiger partial charge on any atom is 0.244 e. The zero-order valence-electron chi connectivity index (χ0n) is 12.2. The summed E-state index contributed by atoms with van der Waals surface area (Å²) in [5, 5.41) is 9.88. The van der Waals surface area contributed by atoms with Crippen molar-refractivity contribution >= 4 is 15.7 Å². The minimum Gasteiger partial charge on any atom is -0.495 e. The van der Waals surface area contributed by atoms with Gasteiger partial charge in [0, 0.05) is 12.2 Å². The Morgan fingerprint density at radius 2 is 2.05 bits per heavy atom. The van der Waals surface area contributed by atoms with Crippen molar-refractivity contribution in [3.63, 3.8) is 0 Å². The Morgan fingerprint density at radius 3 is 2.55 bits per heavy atom. The van der Waals surface area contributed by atoms with E-state index in [0.29, 0.717) is 12.1 Å². The van der Waals surface area contributed by atoms with Crippen molar-refractivity contribution in [3.8, 4) is 5.75 Å². The number of nitrogens with one attached hydrogen (secondary N) is 1. The van der Waals surface area contributed by atoms with E-state index in [1.807, 2.05) is 0 Å². The number of anilines is 1. The summed E-state index contributed by atoms with van der Waals surface area (Å²) < 4.78 is 32.0. The molecule has 0 radical (unpaired) electrons. The van der Waals surface area contributed by atoms with Crippen LogP contribution in [0.15, 0.2) is 17.0 Å². The molecule has 0 fully saturated rings. The second-order valence-electron chi connectivity index (χ2n) is 5.03. The van der Waals surface area contributed by atoms with Crippen LogP contribution in [-0.2, 0) is 10.0 Å². The first kappa shape index (κ1) is 16.7. The molecular formula is C13H22N2O4S. The van der Waals surface area contributed by atoms with E-state index in [2.05, 4.69) is 4.72 Å². The van der Waals surface area contributed by atoms with Gasteiger partial charge in [-0.15, -0.1) is 0 Å². The highest BCUT2D eigenvalue weighted by Crippen LogP contribution is 2.28. The highest BCUT2D eigenvalue weighted by Gasteiger charge is 2.25. The third-order valence-electron chi connectivity index (χ3n) is 3.25. The van der Waals surface area contributed by atoms with Gasteiger partial charge in [-0.3, -0.25) is 0 Å². The fraction of sp³-hybridized carbons (Fsp3) is 0.538. The van der Waals surface area contributed by atoms with Crippen LogP contribution in [0.1, 0.15) is 25.8 Å². The summed E-state index contributed by atoms with van der Waals surface area (Å²) in [6.45, 7) is 5.03. The molecule has 0 saturated heterocycles. The van der Waals surface area contributed by atoms with E-state index in [4.69, 9.17) is 10.5 Å². The number of nitrogens with two attached hydrogens (primary N) is 1. The number of rotatable bonds is 6. The Labute approximate surface area is 120 Å². The van der Waals surface area contributed by atoms with Crippen molar-refractivity contribution in [1.82, 2.24) is 4.72 Å². The number of benzene rings is 1. The van der Waals surface area contributed by atoms with Gasteiger partial charge in [-0.05, 0) is 38.0 Å². The Bertz CT molecular complexity index is 582. The third kappa shape index (κ3) is 3.84. The molecule has 20 heavy (non-hydrogen) atoms. The smallest absolute Gasteiger partial charge is 0.244 e. The molecule has 0 heterocycles. The first-order chi connectivity index (χ1) is 9.13. The molecule has 0 spiro atoms. The van der Waals surface area contributed by atoms with E-state index in [1.165, 1.54) is 13.2 Å². The number of sulfonamides is 1. The predicted molar refractivity (Wildman–Crippen MR) is 78.2 cm³/mol. The lowest BCUT2D eigenvalue weighted by molar-refractivity contribution is 0.0613. The lowest BCUT2D eigenvalue weighted by Gasteiger charge is -2.22. The molecule has 1 aromatic carbocycles. The zero-order valence-corrected chi connectivity index (χ0v) is 13.0.